The number of amides is 1. The van der Waals surface area contributed by atoms with Gasteiger partial charge in [-0.15, -0.1) is 0 Å². The Morgan fingerprint density at radius 2 is 2.40 bits per heavy atom. The quantitative estimate of drug-likeness (QED) is 0.623. The zero-order chi connectivity index (χ0) is 11.3. The fraction of sp³-hybridized carbons (Fsp3) is 0.600. The summed E-state index contributed by atoms with van der Waals surface area (Å²) in [6.07, 6.45) is 0.785. The molecule has 0 bridgehead atoms. The summed E-state index contributed by atoms with van der Waals surface area (Å²) < 4.78 is 0. The summed E-state index contributed by atoms with van der Waals surface area (Å²) in [4.78, 5) is 11.5. The van der Waals surface area contributed by atoms with E-state index in [-0.39, 0.29) is 5.91 Å². The van der Waals surface area contributed by atoms with E-state index in [0.29, 0.717) is 24.7 Å². The lowest BCUT2D eigenvalue weighted by atomic mass is 10.1. The van der Waals surface area contributed by atoms with Crippen LogP contribution in [0.1, 0.15) is 42.4 Å². The van der Waals surface area contributed by atoms with Crippen LogP contribution in [-0.4, -0.2) is 29.2 Å². The molecule has 0 spiro atoms. The second-order valence-electron chi connectivity index (χ2n) is 3.76. The van der Waals surface area contributed by atoms with Crippen molar-refractivity contribution in [3.05, 3.63) is 17.5 Å². The molecule has 84 valence electrons. The van der Waals surface area contributed by atoms with Crippen LogP contribution < -0.4 is 11.1 Å². The highest BCUT2D eigenvalue weighted by Gasteiger charge is 2.10. The molecule has 1 aromatic rings. The number of nitrogens with one attached hydrogen (secondary N) is 2. The molecule has 15 heavy (non-hydrogen) atoms. The molecule has 1 aromatic heterocycles. The van der Waals surface area contributed by atoms with Gasteiger partial charge < -0.3 is 11.1 Å². The van der Waals surface area contributed by atoms with Crippen molar-refractivity contribution in [3.63, 3.8) is 0 Å². The summed E-state index contributed by atoms with van der Waals surface area (Å²) in [6.45, 7) is 5.27. The van der Waals surface area contributed by atoms with Crippen molar-refractivity contribution in [2.75, 3.05) is 13.1 Å². The van der Waals surface area contributed by atoms with Gasteiger partial charge in [0, 0.05) is 12.2 Å². The minimum absolute atomic E-state index is 0.147. The second-order valence-corrected chi connectivity index (χ2v) is 3.76. The Balaban J connectivity index is 2.51. The summed E-state index contributed by atoms with van der Waals surface area (Å²) >= 11 is 0. The Labute approximate surface area is 89.4 Å². The van der Waals surface area contributed by atoms with Crippen LogP contribution in [0.15, 0.2) is 6.07 Å². The summed E-state index contributed by atoms with van der Waals surface area (Å²) in [5, 5.41) is 9.54. The first-order valence-corrected chi connectivity index (χ1v) is 5.18. The predicted molar refractivity (Wildman–Crippen MR) is 58.7 cm³/mol. The summed E-state index contributed by atoms with van der Waals surface area (Å²) in [5.74, 6) is 0.203. The van der Waals surface area contributed by atoms with E-state index in [0.717, 1.165) is 12.1 Å². The van der Waals surface area contributed by atoms with Crippen molar-refractivity contribution in [1.29, 1.82) is 0 Å². The Kier molecular flexibility index (Phi) is 4.30. The molecule has 0 aliphatic heterocycles. The maximum atomic E-state index is 11.5. The monoisotopic (exact) mass is 210 g/mol. The first-order valence-electron chi connectivity index (χ1n) is 5.18. The van der Waals surface area contributed by atoms with Gasteiger partial charge in [0.15, 0.2) is 0 Å². The van der Waals surface area contributed by atoms with Gasteiger partial charge in [0.2, 0.25) is 0 Å². The second kappa shape index (κ2) is 5.50. The van der Waals surface area contributed by atoms with Gasteiger partial charge in [-0.2, -0.15) is 5.10 Å². The van der Waals surface area contributed by atoms with Gasteiger partial charge in [-0.25, -0.2) is 0 Å². The predicted octanol–water partition coefficient (Wildman–Crippen LogP) is 0.612. The van der Waals surface area contributed by atoms with Crippen LogP contribution in [0.3, 0.4) is 0 Å². The maximum Gasteiger partial charge on any atom is 0.271 e. The molecule has 0 aliphatic rings. The number of nitrogens with two attached hydrogens (primary N) is 1. The third-order valence-corrected chi connectivity index (χ3v) is 2.12. The zero-order valence-corrected chi connectivity index (χ0v) is 9.21. The number of nitrogens with zero attached hydrogens (tertiary/aromatic N) is 1. The van der Waals surface area contributed by atoms with Crippen molar-refractivity contribution in [3.8, 4) is 0 Å². The van der Waals surface area contributed by atoms with Crippen LogP contribution in [-0.2, 0) is 0 Å². The molecule has 5 nitrogen and oxygen atoms in total. The summed E-state index contributed by atoms with van der Waals surface area (Å²) in [5.41, 5.74) is 6.74. The van der Waals surface area contributed by atoms with Gasteiger partial charge in [0.05, 0.1) is 0 Å². The highest BCUT2D eigenvalue weighted by atomic mass is 16.1. The van der Waals surface area contributed by atoms with Crippen LogP contribution in [0.5, 0.6) is 0 Å². The van der Waals surface area contributed by atoms with Gasteiger partial charge in [-0.3, -0.25) is 9.89 Å². The molecule has 1 heterocycles. The van der Waals surface area contributed by atoms with Crippen LogP contribution in [0.4, 0.5) is 0 Å². The molecule has 1 amide bonds. The van der Waals surface area contributed by atoms with Crippen molar-refractivity contribution in [2.45, 2.75) is 26.2 Å². The molecular weight excluding hydrogens is 192 g/mol. The number of carbonyl (C=O) groups excluding carboxylic acids is 1. The van der Waals surface area contributed by atoms with Gasteiger partial charge in [-0.05, 0) is 24.9 Å². The van der Waals surface area contributed by atoms with E-state index in [4.69, 9.17) is 5.73 Å². The first-order chi connectivity index (χ1) is 7.15. The van der Waals surface area contributed by atoms with Crippen molar-refractivity contribution < 1.29 is 4.79 Å². The Bertz CT molecular complexity index is 319. The van der Waals surface area contributed by atoms with Gasteiger partial charge in [0.25, 0.3) is 5.91 Å². The normalized spacial score (nSPS) is 10.7. The third-order valence-electron chi connectivity index (χ3n) is 2.12. The molecule has 0 unspecified atom stereocenters. The fourth-order valence-corrected chi connectivity index (χ4v) is 1.14. The standard InChI is InChI=1S/C10H18N4O/c1-7(2)8-6-9(14-13-8)10(15)12-5-3-4-11/h6-7H,3-5,11H2,1-2H3,(H,12,15)(H,13,14). The van der Waals surface area contributed by atoms with E-state index in [9.17, 15) is 4.79 Å². The highest BCUT2D eigenvalue weighted by molar-refractivity contribution is 5.92. The third kappa shape index (κ3) is 3.36. The van der Waals surface area contributed by atoms with Gasteiger partial charge >= 0.3 is 0 Å². The van der Waals surface area contributed by atoms with Crippen molar-refractivity contribution >= 4 is 5.91 Å². The lowest BCUT2D eigenvalue weighted by molar-refractivity contribution is 0.0948. The molecule has 0 saturated heterocycles. The molecule has 5 heteroatoms. The highest BCUT2D eigenvalue weighted by Crippen LogP contribution is 2.11. The Morgan fingerprint density at radius 1 is 1.67 bits per heavy atom. The van der Waals surface area contributed by atoms with Gasteiger partial charge in [0.1, 0.15) is 5.69 Å². The number of carbonyl (C=O) groups is 1. The van der Waals surface area contributed by atoms with Crippen LogP contribution >= 0.6 is 0 Å². The molecule has 0 radical (unpaired) electrons. The average Bonchev–Trinajstić information content (AvgIpc) is 2.66. The van der Waals surface area contributed by atoms with E-state index in [2.05, 4.69) is 15.5 Å². The fourth-order valence-electron chi connectivity index (χ4n) is 1.14. The smallest absolute Gasteiger partial charge is 0.271 e. The first kappa shape index (κ1) is 11.7. The number of hydrogen-bond acceptors (Lipinski definition) is 3. The van der Waals surface area contributed by atoms with E-state index in [1.54, 1.807) is 6.07 Å². The molecular formula is C10H18N4O. The molecule has 1 rings (SSSR count). The van der Waals surface area contributed by atoms with Crippen molar-refractivity contribution in [1.82, 2.24) is 15.5 Å². The topological polar surface area (TPSA) is 83.8 Å². The molecule has 4 N–H and O–H groups in total. The lowest BCUT2D eigenvalue weighted by Crippen LogP contribution is -2.26. The molecule has 0 fully saturated rings. The minimum Gasteiger partial charge on any atom is -0.351 e. The molecule has 0 saturated carbocycles. The molecule has 0 aliphatic carbocycles. The number of H-pyrrole nitrogens is 1. The van der Waals surface area contributed by atoms with Crippen LogP contribution in [0.25, 0.3) is 0 Å². The summed E-state index contributed by atoms with van der Waals surface area (Å²) in [7, 11) is 0. The van der Waals surface area contributed by atoms with E-state index in [1.807, 2.05) is 13.8 Å². The maximum absolute atomic E-state index is 11.5. The Morgan fingerprint density at radius 3 is 2.93 bits per heavy atom. The molecule has 0 atom stereocenters. The summed E-state index contributed by atoms with van der Waals surface area (Å²) in [6, 6.07) is 1.78. The zero-order valence-electron chi connectivity index (χ0n) is 9.21. The number of aromatic nitrogens is 2. The van der Waals surface area contributed by atoms with Crippen LogP contribution in [0, 0.1) is 0 Å². The molecule has 0 aromatic carbocycles. The number of rotatable bonds is 5. The van der Waals surface area contributed by atoms with Crippen molar-refractivity contribution in [2.24, 2.45) is 5.73 Å². The largest absolute Gasteiger partial charge is 0.351 e. The van der Waals surface area contributed by atoms with E-state index >= 15 is 0 Å². The van der Waals surface area contributed by atoms with E-state index in [1.165, 1.54) is 0 Å². The number of aromatic amines is 1. The van der Waals surface area contributed by atoms with E-state index < -0.39 is 0 Å². The lowest BCUT2D eigenvalue weighted by Gasteiger charge is -2.00. The Hall–Kier alpha value is -1.36. The number of hydrogen-bond donors (Lipinski definition) is 3. The van der Waals surface area contributed by atoms with Gasteiger partial charge in [-0.1, -0.05) is 13.8 Å². The minimum atomic E-state index is -0.147. The SMILES string of the molecule is CC(C)c1cc(C(=O)NCCCN)n[nH]1. The van der Waals surface area contributed by atoms with Crippen LogP contribution in [0.2, 0.25) is 0 Å². The average molecular weight is 210 g/mol.